The molecule has 0 aromatic carbocycles. The van der Waals surface area contributed by atoms with Crippen LogP contribution in [0.4, 0.5) is 0 Å². The van der Waals surface area contributed by atoms with E-state index < -0.39 is 97.5 Å². The summed E-state index contributed by atoms with van der Waals surface area (Å²) >= 11 is 0. The first kappa shape index (κ1) is 88.1. The number of phosphoric ester groups is 2. The Morgan fingerprint density at radius 3 is 0.844 bits per heavy atom. The van der Waals surface area contributed by atoms with Crippen molar-refractivity contribution in [3.63, 3.8) is 0 Å². The van der Waals surface area contributed by atoms with Gasteiger partial charge in [0, 0.05) is 25.7 Å². The van der Waals surface area contributed by atoms with Gasteiger partial charge in [-0.3, -0.25) is 37.3 Å². The highest BCUT2D eigenvalue weighted by atomic mass is 31.2. The highest BCUT2D eigenvalue weighted by molar-refractivity contribution is 7.47. The fourth-order valence-electron chi connectivity index (χ4n) is 10.7. The van der Waals surface area contributed by atoms with Gasteiger partial charge < -0.3 is 33.8 Å². The van der Waals surface area contributed by atoms with Crippen molar-refractivity contribution in [3.8, 4) is 0 Å². The Labute approximate surface area is 549 Å². The zero-order valence-corrected chi connectivity index (χ0v) is 60.4. The molecule has 0 fully saturated rings. The summed E-state index contributed by atoms with van der Waals surface area (Å²) in [5.41, 5.74) is 0. The molecule has 0 aromatic heterocycles. The Balaban J connectivity index is 5.27. The minimum atomic E-state index is -4.95. The van der Waals surface area contributed by atoms with Crippen molar-refractivity contribution in [1.82, 2.24) is 0 Å². The van der Waals surface area contributed by atoms with E-state index in [1.165, 1.54) is 167 Å². The Morgan fingerprint density at radius 2 is 0.567 bits per heavy atom. The standard InChI is InChI=1S/C71H138O17P2/c1-8-11-12-13-14-15-18-22-31-38-45-52-68(73)81-58-67(88-71(76)55-48-41-34-27-25-30-37-44-51-64(7)10-3)61-86-90(79,80)84-57-65(72)56-83-89(77,78)85-60-66(59-82-69(74)53-46-39-32-26-24-29-36-43-50-63(6)9-2)87-70(75)54-47-40-33-23-20-17-16-19-21-28-35-42-49-62(4)5/h62-67,72H,8-61H2,1-7H3,(H,77,78)(H,79,80)/t63?,64?,65-,66-,67-/m1/s1. The number of ether oxygens (including phenoxy) is 4. The lowest BCUT2D eigenvalue weighted by Crippen LogP contribution is -2.30. The van der Waals surface area contributed by atoms with Crippen molar-refractivity contribution < 1.29 is 80.2 Å². The van der Waals surface area contributed by atoms with Gasteiger partial charge in [0.25, 0.3) is 0 Å². The molecule has 0 rings (SSSR count). The summed E-state index contributed by atoms with van der Waals surface area (Å²) in [5.74, 6) is 0.198. The van der Waals surface area contributed by atoms with E-state index in [-0.39, 0.29) is 25.7 Å². The molecule has 0 spiro atoms. The van der Waals surface area contributed by atoms with Gasteiger partial charge in [-0.1, -0.05) is 305 Å². The van der Waals surface area contributed by atoms with Crippen LogP contribution in [0.3, 0.4) is 0 Å². The summed E-state index contributed by atoms with van der Waals surface area (Å²) in [6.07, 6.45) is 45.6. The van der Waals surface area contributed by atoms with E-state index in [0.717, 1.165) is 108 Å². The number of rotatable bonds is 69. The van der Waals surface area contributed by atoms with E-state index in [1.807, 2.05) is 0 Å². The number of carbonyl (C=O) groups is 4. The summed E-state index contributed by atoms with van der Waals surface area (Å²) < 4.78 is 68.3. The van der Waals surface area contributed by atoms with E-state index in [1.54, 1.807) is 0 Å². The van der Waals surface area contributed by atoms with Crippen LogP contribution in [0, 0.1) is 17.8 Å². The third-order valence-electron chi connectivity index (χ3n) is 17.1. The molecule has 0 heterocycles. The molecule has 0 aliphatic carbocycles. The number of aliphatic hydroxyl groups is 1. The van der Waals surface area contributed by atoms with Gasteiger partial charge in [-0.15, -0.1) is 0 Å². The van der Waals surface area contributed by atoms with Crippen LogP contribution >= 0.6 is 15.6 Å². The molecular weight excluding hydrogens is 1190 g/mol. The van der Waals surface area contributed by atoms with E-state index >= 15 is 0 Å². The van der Waals surface area contributed by atoms with Gasteiger partial charge in [0.2, 0.25) is 0 Å². The van der Waals surface area contributed by atoms with Gasteiger partial charge in [-0.05, 0) is 43.4 Å². The SMILES string of the molecule is CCCCCCCCCCCCCC(=O)OC[C@H](COP(=O)(O)OC[C@H](O)COP(=O)(O)OC[C@@H](COC(=O)CCCCCCCCCCC(C)CC)OC(=O)CCCCCCCCCCCCCCC(C)C)OC(=O)CCCCCCCCCCC(C)CC. The lowest BCUT2D eigenvalue weighted by atomic mass is 9.99. The van der Waals surface area contributed by atoms with Gasteiger partial charge in [0.05, 0.1) is 26.4 Å². The van der Waals surface area contributed by atoms with Crippen LogP contribution in [0.1, 0.15) is 357 Å². The molecule has 0 aromatic rings. The summed E-state index contributed by atoms with van der Waals surface area (Å²) in [5, 5.41) is 10.6. The summed E-state index contributed by atoms with van der Waals surface area (Å²) in [7, 11) is -9.90. The quantitative estimate of drug-likeness (QED) is 0.0222. The van der Waals surface area contributed by atoms with Crippen LogP contribution in [0.5, 0.6) is 0 Å². The maximum absolute atomic E-state index is 13.0. The van der Waals surface area contributed by atoms with Crippen molar-refractivity contribution in [3.05, 3.63) is 0 Å². The minimum absolute atomic E-state index is 0.105. The van der Waals surface area contributed by atoms with Gasteiger partial charge in [-0.25, -0.2) is 9.13 Å². The smallest absolute Gasteiger partial charge is 0.462 e. The molecular formula is C71H138O17P2. The summed E-state index contributed by atoms with van der Waals surface area (Å²) in [6, 6.07) is 0. The Morgan fingerprint density at radius 1 is 0.322 bits per heavy atom. The third kappa shape index (κ3) is 62.2. The zero-order chi connectivity index (χ0) is 66.6. The normalized spacial score (nSPS) is 14.8. The van der Waals surface area contributed by atoms with Crippen molar-refractivity contribution >= 4 is 39.5 Å². The molecule has 4 unspecified atom stereocenters. The van der Waals surface area contributed by atoms with Crippen LogP contribution in [0.2, 0.25) is 0 Å². The van der Waals surface area contributed by atoms with Crippen LogP contribution in [0.15, 0.2) is 0 Å². The topological polar surface area (TPSA) is 237 Å². The first-order valence-electron chi connectivity index (χ1n) is 36.9. The lowest BCUT2D eigenvalue weighted by Gasteiger charge is -2.21. The Kier molecular flexibility index (Phi) is 60.6. The Hall–Kier alpha value is -1.94. The molecule has 0 saturated carbocycles. The second kappa shape index (κ2) is 61.9. The largest absolute Gasteiger partial charge is 0.472 e. The number of hydrogen-bond acceptors (Lipinski definition) is 15. The van der Waals surface area contributed by atoms with Crippen molar-refractivity contribution in [2.24, 2.45) is 17.8 Å². The summed E-state index contributed by atoms with van der Waals surface area (Å²) in [6.45, 7) is 11.9. The van der Waals surface area contributed by atoms with Crippen LogP contribution in [0.25, 0.3) is 0 Å². The predicted molar refractivity (Wildman–Crippen MR) is 363 cm³/mol. The first-order valence-corrected chi connectivity index (χ1v) is 39.9. The first-order chi connectivity index (χ1) is 43.3. The molecule has 0 bridgehead atoms. The molecule has 0 saturated heterocycles. The lowest BCUT2D eigenvalue weighted by molar-refractivity contribution is -0.161. The van der Waals surface area contributed by atoms with Gasteiger partial charge >= 0.3 is 39.5 Å². The molecule has 90 heavy (non-hydrogen) atoms. The molecule has 7 atom stereocenters. The molecule has 534 valence electrons. The fraction of sp³-hybridized carbons (Fsp3) is 0.944. The van der Waals surface area contributed by atoms with Gasteiger partial charge in [0.1, 0.15) is 19.3 Å². The molecule has 0 aliphatic rings. The molecule has 3 N–H and O–H groups in total. The molecule has 17 nitrogen and oxygen atoms in total. The van der Waals surface area contributed by atoms with Crippen molar-refractivity contribution in [1.29, 1.82) is 0 Å². The number of esters is 4. The van der Waals surface area contributed by atoms with Crippen LogP contribution in [-0.4, -0.2) is 96.7 Å². The van der Waals surface area contributed by atoms with E-state index in [2.05, 4.69) is 48.5 Å². The fourth-order valence-corrected chi connectivity index (χ4v) is 12.2. The van der Waals surface area contributed by atoms with Crippen molar-refractivity contribution in [2.75, 3.05) is 39.6 Å². The number of aliphatic hydroxyl groups excluding tert-OH is 1. The van der Waals surface area contributed by atoms with Gasteiger partial charge in [-0.2, -0.15) is 0 Å². The molecule has 0 aliphatic heterocycles. The van der Waals surface area contributed by atoms with E-state index in [0.29, 0.717) is 25.7 Å². The Bertz CT molecular complexity index is 1770. The van der Waals surface area contributed by atoms with Crippen LogP contribution in [-0.2, 0) is 65.4 Å². The minimum Gasteiger partial charge on any atom is -0.462 e. The summed E-state index contributed by atoms with van der Waals surface area (Å²) in [4.78, 5) is 72.6. The van der Waals surface area contributed by atoms with Crippen LogP contribution < -0.4 is 0 Å². The second-order valence-electron chi connectivity index (χ2n) is 26.6. The number of phosphoric acid groups is 2. The average molecular weight is 1330 g/mol. The average Bonchev–Trinajstić information content (AvgIpc) is 3.68. The van der Waals surface area contributed by atoms with E-state index in [4.69, 9.17) is 37.0 Å². The molecule has 0 radical (unpaired) electrons. The predicted octanol–water partition coefficient (Wildman–Crippen LogP) is 20.2. The molecule has 0 amide bonds. The number of carbonyl (C=O) groups excluding carboxylic acids is 4. The van der Waals surface area contributed by atoms with Gasteiger partial charge in [0.15, 0.2) is 12.2 Å². The van der Waals surface area contributed by atoms with E-state index in [9.17, 15) is 43.2 Å². The second-order valence-corrected chi connectivity index (χ2v) is 29.5. The van der Waals surface area contributed by atoms with Crippen molar-refractivity contribution in [2.45, 2.75) is 375 Å². The maximum Gasteiger partial charge on any atom is 0.472 e. The number of hydrogen-bond donors (Lipinski definition) is 3. The number of unbranched alkanes of at least 4 members (excludes halogenated alkanes) is 35. The molecule has 19 heteroatoms. The highest BCUT2D eigenvalue weighted by Crippen LogP contribution is 2.45. The zero-order valence-electron chi connectivity index (χ0n) is 58.6. The maximum atomic E-state index is 13.0. The third-order valence-corrected chi connectivity index (χ3v) is 19.0. The highest BCUT2D eigenvalue weighted by Gasteiger charge is 2.30. The monoisotopic (exact) mass is 1320 g/mol.